The van der Waals surface area contributed by atoms with Crippen molar-refractivity contribution in [2.75, 3.05) is 18.2 Å². The number of methoxy groups -OCH3 is 1. The lowest BCUT2D eigenvalue weighted by Gasteiger charge is -2.13. The number of sulfone groups is 1. The number of nitrogens with one attached hydrogen (secondary N) is 1. The van der Waals surface area contributed by atoms with E-state index in [-0.39, 0.29) is 26.7 Å². The van der Waals surface area contributed by atoms with Gasteiger partial charge >= 0.3 is 0 Å². The van der Waals surface area contributed by atoms with E-state index in [9.17, 15) is 23.3 Å². The Labute approximate surface area is 172 Å². The second-order valence-electron chi connectivity index (χ2n) is 6.16. The van der Waals surface area contributed by atoms with E-state index >= 15 is 0 Å². The second kappa shape index (κ2) is 8.21. The highest BCUT2D eigenvalue weighted by Crippen LogP contribution is 2.29. The summed E-state index contributed by atoms with van der Waals surface area (Å²) in [6, 6.07) is 14.9. The maximum Gasteiger partial charge on any atom is 0.269 e. The molecule has 0 aliphatic carbocycles. The Balaban J connectivity index is 2.00. The Morgan fingerprint density at radius 3 is 2.23 bits per heavy atom. The summed E-state index contributed by atoms with van der Waals surface area (Å²) in [5, 5.41) is 13.4. The Morgan fingerprint density at radius 1 is 1.03 bits per heavy atom. The van der Waals surface area contributed by atoms with E-state index < -0.39 is 20.7 Å². The van der Waals surface area contributed by atoms with Gasteiger partial charge in [-0.1, -0.05) is 6.07 Å². The van der Waals surface area contributed by atoms with Crippen LogP contribution >= 0.6 is 0 Å². The van der Waals surface area contributed by atoms with Crippen molar-refractivity contribution in [3.63, 3.8) is 0 Å². The molecule has 0 bridgehead atoms. The molecule has 154 valence electrons. The van der Waals surface area contributed by atoms with Crippen LogP contribution in [-0.4, -0.2) is 26.4 Å². The zero-order chi connectivity index (χ0) is 21.9. The number of carbonyl (C=O) groups excluding carboxylic acids is 1. The van der Waals surface area contributed by atoms with E-state index in [1.807, 2.05) is 0 Å². The summed E-state index contributed by atoms with van der Waals surface area (Å²) < 4.78 is 31.3. The highest BCUT2D eigenvalue weighted by molar-refractivity contribution is 7.91. The molecule has 1 amide bonds. The third kappa shape index (κ3) is 4.08. The van der Waals surface area contributed by atoms with Gasteiger partial charge in [0.15, 0.2) is 0 Å². The van der Waals surface area contributed by atoms with Crippen LogP contribution in [0.4, 0.5) is 17.1 Å². The quantitative estimate of drug-likeness (QED) is 0.349. The number of ether oxygens (including phenoxy) is 1. The number of carbonyl (C=O) groups is 1. The summed E-state index contributed by atoms with van der Waals surface area (Å²) in [7, 11) is -2.66. The molecule has 0 radical (unpaired) electrons. The normalized spacial score (nSPS) is 11.0. The van der Waals surface area contributed by atoms with Crippen LogP contribution in [0.2, 0.25) is 0 Å². The molecule has 3 rings (SSSR count). The van der Waals surface area contributed by atoms with Gasteiger partial charge in [0.05, 0.1) is 27.4 Å². The first-order valence-electron chi connectivity index (χ1n) is 8.57. The molecule has 0 atom stereocenters. The van der Waals surface area contributed by atoms with Crippen molar-refractivity contribution in [1.29, 1.82) is 0 Å². The minimum Gasteiger partial charge on any atom is -0.497 e. The number of rotatable bonds is 6. The second-order valence-corrected chi connectivity index (χ2v) is 8.08. The first-order chi connectivity index (χ1) is 14.2. The molecule has 0 aromatic heterocycles. The highest BCUT2D eigenvalue weighted by Gasteiger charge is 2.27. The number of nitro benzene ring substituents is 1. The minimum absolute atomic E-state index is 0.0241. The smallest absolute Gasteiger partial charge is 0.269 e. The first-order valence-corrected chi connectivity index (χ1v) is 10.1. The Bertz CT molecular complexity index is 1210. The van der Waals surface area contributed by atoms with Gasteiger partial charge in [0, 0.05) is 23.5 Å². The largest absolute Gasteiger partial charge is 0.497 e. The van der Waals surface area contributed by atoms with Crippen LogP contribution in [0.25, 0.3) is 0 Å². The van der Waals surface area contributed by atoms with E-state index in [0.29, 0.717) is 11.4 Å². The highest BCUT2D eigenvalue weighted by atomic mass is 32.2. The van der Waals surface area contributed by atoms with Gasteiger partial charge < -0.3 is 15.8 Å². The molecular weight excluding hydrogens is 410 g/mol. The first kappa shape index (κ1) is 20.8. The fourth-order valence-electron chi connectivity index (χ4n) is 2.76. The number of nitrogen functional groups attached to an aromatic ring is 1. The van der Waals surface area contributed by atoms with Gasteiger partial charge in [0.25, 0.3) is 11.6 Å². The number of benzene rings is 3. The van der Waals surface area contributed by atoms with Gasteiger partial charge in [-0.25, -0.2) is 8.42 Å². The maximum atomic E-state index is 13.1. The van der Waals surface area contributed by atoms with Crippen molar-refractivity contribution < 1.29 is 22.9 Å². The van der Waals surface area contributed by atoms with Crippen LogP contribution in [-0.2, 0) is 9.84 Å². The zero-order valence-corrected chi connectivity index (χ0v) is 16.5. The molecule has 3 N–H and O–H groups in total. The summed E-state index contributed by atoms with van der Waals surface area (Å²) in [6.45, 7) is 0. The van der Waals surface area contributed by atoms with Crippen molar-refractivity contribution in [1.82, 2.24) is 0 Å². The Morgan fingerprint density at radius 2 is 1.67 bits per heavy atom. The fourth-order valence-corrected chi connectivity index (χ4v) is 4.24. The number of non-ortho nitro benzene ring substituents is 1. The van der Waals surface area contributed by atoms with Gasteiger partial charge in [-0.3, -0.25) is 14.9 Å². The van der Waals surface area contributed by atoms with Crippen LogP contribution in [0.1, 0.15) is 10.4 Å². The fraction of sp³-hybridized carbons (Fsp3) is 0.0500. The molecule has 10 heteroatoms. The average molecular weight is 427 g/mol. The number of hydrogen-bond acceptors (Lipinski definition) is 7. The number of nitro groups is 1. The molecule has 3 aromatic rings. The van der Waals surface area contributed by atoms with E-state index in [4.69, 9.17) is 10.5 Å². The lowest BCUT2D eigenvalue weighted by Crippen LogP contribution is -2.18. The molecule has 30 heavy (non-hydrogen) atoms. The number of anilines is 2. The molecule has 0 spiro atoms. The van der Waals surface area contributed by atoms with Crippen LogP contribution in [0, 0.1) is 10.1 Å². The van der Waals surface area contributed by atoms with Crippen molar-refractivity contribution >= 4 is 32.8 Å². The molecule has 0 fully saturated rings. The molecular formula is C20H17N3O6S. The molecule has 0 heterocycles. The van der Waals surface area contributed by atoms with Crippen molar-refractivity contribution in [3.05, 3.63) is 82.4 Å². The topological polar surface area (TPSA) is 142 Å². The van der Waals surface area contributed by atoms with E-state index in [1.54, 1.807) is 24.3 Å². The summed E-state index contributed by atoms with van der Waals surface area (Å²) in [6.07, 6.45) is 0. The van der Waals surface area contributed by atoms with Crippen LogP contribution < -0.4 is 15.8 Å². The lowest BCUT2D eigenvalue weighted by atomic mass is 10.1. The monoisotopic (exact) mass is 427 g/mol. The molecule has 0 saturated carbocycles. The van der Waals surface area contributed by atoms with Gasteiger partial charge in [0.2, 0.25) is 9.84 Å². The predicted octanol–water partition coefficient (Wildman–Crippen LogP) is 3.27. The Kier molecular flexibility index (Phi) is 5.70. The number of nitrogens with two attached hydrogens (primary N) is 1. The van der Waals surface area contributed by atoms with E-state index in [0.717, 1.165) is 24.3 Å². The molecule has 0 saturated heterocycles. The Hall–Kier alpha value is -3.92. The van der Waals surface area contributed by atoms with Crippen molar-refractivity contribution in [2.45, 2.75) is 9.79 Å². The maximum absolute atomic E-state index is 13.1. The average Bonchev–Trinajstić information content (AvgIpc) is 2.74. The van der Waals surface area contributed by atoms with Gasteiger partial charge in [-0.05, 0) is 48.5 Å². The lowest BCUT2D eigenvalue weighted by molar-refractivity contribution is -0.384. The number of amides is 1. The third-order valence-corrected chi connectivity index (χ3v) is 6.09. The molecule has 0 aliphatic heterocycles. The summed E-state index contributed by atoms with van der Waals surface area (Å²) in [5.41, 5.74) is 5.85. The van der Waals surface area contributed by atoms with Crippen molar-refractivity contribution in [3.8, 4) is 5.75 Å². The molecule has 0 unspecified atom stereocenters. The van der Waals surface area contributed by atoms with Gasteiger partial charge in [-0.2, -0.15) is 0 Å². The minimum atomic E-state index is -4.17. The standard InChI is InChI=1S/C20H17N3O6S/c1-29-15-9-5-13(6-10-15)22-20(24)19-17(21)3-2-4-18(19)30(27,28)16-11-7-14(8-12-16)23(25)26/h2-12H,21H2,1H3,(H,22,24). The van der Waals surface area contributed by atoms with Crippen LogP contribution in [0.3, 0.4) is 0 Å². The summed E-state index contributed by atoms with van der Waals surface area (Å²) >= 11 is 0. The van der Waals surface area contributed by atoms with Crippen molar-refractivity contribution in [2.24, 2.45) is 0 Å². The predicted molar refractivity (Wildman–Crippen MR) is 110 cm³/mol. The molecule has 3 aromatic carbocycles. The van der Waals surface area contributed by atoms with Gasteiger partial charge in [0.1, 0.15) is 5.75 Å². The SMILES string of the molecule is COc1ccc(NC(=O)c2c(N)cccc2S(=O)(=O)c2ccc([N+](=O)[O-])cc2)cc1. The third-order valence-electron chi connectivity index (χ3n) is 4.28. The van der Waals surface area contributed by atoms with Crippen LogP contribution in [0.15, 0.2) is 76.5 Å². The molecule has 0 aliphatic rings. The summed E-state index contributed by atoms with van der Waals surface area (Å²) in [5.74, 6) is -0.118. The van der Waals surface area contributed by atoms with E-state index in [1.165, 1.54) is 25.3 Å². The number of hydrogen-bond donors (Lipinski definition) is 2. The van der Waals surface area contributed by atoms with Gasteiger partial charge in [-0.15, -0.1) is 0 Å². The molecule has 9 nitrogen and oxygen atoms in total. The van der Waals surface area contributed by atoms with Crippen LogP contribution in [0.5, 0.6) is 5.75 Å². The number of nitrogens with zero attached hydrogens (tertiary/aromatic N) is 1. The van der Waals surface area contributed by atoms with E-state index in [2.05, 4.69) is 5.32 Å². The zero-order valence-electron chi connectivity index (χ0n) is 15.7. The summed E-state index contributed by atoms with van der Waals surface area (Å²) in [4.78, 5) is 22.5.